The number of ether oxygens (including phenoxy) is 8. The Hall–Kier alpha value is -1.56. The minimum atomic E-state index is -0.414. The first-order valence-electron chi connectivity index (χ1n) is 9.96. The van der Waals surface area contributed by atoms with E-state index in [0.29, 0.717) is 84.9 Å². The fourth-order valence-electron chi connectivity index (χ4n) is 1.76. The van der Waals surface area contributed by atoms with Crippen LogP contribution in [0.3, 0.4) is 0 Å². The van der Waals surface area contributed by atoms with Crippen LogP contribution in [-0.2, 0) is 47.5 Å². The van der Waals surface area contributed by atoms with E-state index in [9.17, 15) is 9.59 Å². The average molecular weight is 436 g/mol. The van der Waals surface area contributed by atoms with E-state index in [-0.39, 0.29) is 19.2 Å². The van der Waals surface area contributed by atoms with E-state index < -0.39 is 5.97 Å². The number of carbonyl (C=O) groups excluding carboxylic acids is 2. The van der Waals surface area contributed by atoms with Crippen LogP contribution in [0.5, 0.6) is 0 Å². The predicted molar refractivity (Wildman–Crippen MR) is 107 cm³/mol. The molecule has 30 heavy (non-hydrogen) atoms. The average Bonchev–Trinajstić information content (AvgIpc) is 2.71. The molecule has 0 N–H and O–H groups in total. The van der Waals surface area contributed by atoms with E-state index in [1.807, 2.05) is 0 Å². The minimum Gasteiger partial charge on any atom is -0.463 e. The number of hydrogen-bond acceptors (Lipinski definition) is 10. The van der Waals surface area contributed by atoms with Gasteiger partial charge >= 0.3 is 11.9 Å². The van der Waals surface area contributed by atoms with Crippen molar-refractivity contribution in [1.29, 1.82) is 0 Å². The molecule has 0 bridgehead atoms. The zero-order valence-electron chi connectivity index (χ0n) is 18.2. The van der Waals surface area contributed by atoms with Gasteiger partial charge in [-0.15, -0.1) is 0 Å². The molecule has 0 spiro atoms. The van der Waals surface area contributed by atoms with Gasteiger partial charge in [-0.2, -0.15) is 0 Å². The van der Waals surface area contributed by atoms with Crippen molar-refractivity contribution in [2.45, 2.75) is 13.8 Å². The second kappa shape index (κ2) is 22.1. The van der Waals surface area contributed by atoms with Gasteiger partial charge in [-0.25, -0.2) is 4.79 Å². The van der Waals surface area contributed by atoms with Crippen LogP contribution in [0, 0.1) is 0 Å². The fourth-order valence-corrected chi connectivity index (χ4v) is 1.76. The predicted octanol–water partition coefficient (Wildman–Crippen LogP) is 0.768. The third-order valence-electron chi connectivity index (χ3n) is 3.20. The molecule has 0 heterocycles. The van der Waals surface area contributed by atoms with Crippen LogP contribution < -0.4 is 0 Å². The summed E-state index contributed by atoms with van der Waals surface area (Å²) in [5.74, 6) is -0.728. The highest BCUT2D eigenvalue weighted by molar-refractivity contribution is 5.86. The summed E-state index contributed by atoms with van der Waals surface area (Å²) < 4.78 is 41.5. The summed E-state index contributed by atoms with van der Waals surface area (Å²) in [5.41, 5.74) is 0.369. The van der Waals surface area contributed by atoms with Crippen molar-refractivity contribution in [3.63, 3.8) is 0 Å². The lowest BCUT2D eigenvalue weighted by atomic mass is 10.4. The van der Waals surface area contributed by atoms with Gasteiger partial charge in [0.1, 0.15) is 13.2 Å². The summed E-state index contributed by atoms with van der Waals surface area (Å²) in [6.45, 7) is 12.2. The minimum absolute atomic E-state index is 0.200. The molecule has 0 saturated heterocycles. The summed E-state index contributed by atoms with van der Waals surface area (Å²) in [4.78, 5) is 21.6. The molecule has 0 aliphatic carbocycles. The van der Waals surface area contributed by atoms with E-state index >= 15 is 0 Å². The maximum absolute atomic E-state index is 11.1. The molecule has 10 heteroatoms. The smallest absolute Gasteiger partial charge is 0.333 e. The third-order valence-corrected chi connectivity index (χ3v) is 3.20. The van der Waals surface area contributed by atoms with Crippen LogP contribution >= 0.6 is 0 Å². The standard InChI is InChI=1S/C20H36O10/c1-18(2)20(22)30-17-15-28-13-11-26-9-7-24-5-4-23-6-8-25-10-12-27-14-16-29-19(3)21/h1,4-17H2,2-3H3. The SMILES string of the molecule is C=C(C)C(=O)OCCOCCOCCOCCOCCOCCOCCOC(C)=O. The summed E-state index contributed by atoms with van der Waals surface area (Å²) in [5, 5.41) is 0. The van der Waals surface area contributed by atoms with E-state index in [1.54, 1.807) is 6.92 Å². The van der Waals surface area contributed by atoms with Crippen LogP contribution in [0.25, 0.3) is 0 Å². The van der Waals surface area contributed by atoms with Crippen molar-refractivity contribution in [1.82, 2.24) is 0 Å². The molecule has 0 saturated carbocycles. The number of rotatable bonds is 22. The molecule has 0 aliphatic rings. The maximum atomic E-state index is 11.1. The lowest BCUT2D eigenvalue weighted by Gasteiger charge is -2.08. The Balaban J connectivity index is 3.07. The van der Waals surface area contributed by atoms with Crippen molar-refractivity contribution >= 4 is 11.9 Å². The van der Waals surface area contributed by atoms with Crippen molar-refractivity contribution in [2.24, 2.45) is 0 Å². The van der Waals surface area contributed by atoms with E-state index in [1.165, 1.54) is 6.92 Å². The van der Waals surface area contributed by atoms with Crippen LogP contribution in [0.1, 0.15) is 13.8 Å². The Labute approximate surface area is 178 Å². The first-order valence-corrected chi connectivity index (χ1v) is 9.96. The highest BCUT2D eigenvalue weighted by Gasteiger charge is 2.01. The van der Waals surface area contributed by atoms with Gasteiger partial charge < -0.3 is 37.9 Å². The summed E-state index contributed by atoms with van der Waals surface area (Å²) >= 11 is 0. The molecule has 0 atom stereocenters. The van der Waals surface area contributed by atoms with E-state index in [4.69, 9.17) is 37.9 Å². The molecule has 10 nitrogen and oxygen atoms in total. The molecule has 0 unspecified atom stereocenters. The Morgan fingerprint density at radius 2 is 0.767 bits per heavy atom. The monoisotopic (exact) mass is 436 g/mol. The van der Waals surface area contributed by atoms with Gasteiger partial charge in [-0.3, -0.25) is 4.79 Å². The first-order chi connectivity index (χ1) is 14.5. The molecule has 176 valence electrons. The summed E-state index contributed by atoms with van der Waals surface area (Å²) in [7, 11) is 0. The third kappa shape index (κ3) is 22.7. The lowest BCUT2D eigenvalue weighted by molar-refractivity contribution is -0.143. The quantitative estimate of drug-likeness (QED) is 0.137. The second-order valence-electron chi connectivity index (χ2n) is 5.93. The van der Waals surface area contributed by atoms with E-state index in [0.717, 1.165) is 0 Å². The molecule has 0 aromatic rings. The van der Waals surface area contributed by atoms with Crippen LogP contribution in [0.4, 0.5) is 0 Å². The van der Waals surface area contributed by atoms with Crippen molar-refractivity contribution in [3.8, 4) is 0 Å². The van der Waals surface area contributed by atoms with Gasteiger partial charge in [0, 0.05) is 12.5 Å². The van der Waals surface area contributed by atoms with Crippen molar-refractivity contribution in [3.05, 3.63) is 12.2 Å². The van der Waals surface area contributed by atoms with Crippen molar-refractivity contribution in [2.75, 3.05) is 92.5 Å². The van der Waals surface area contributed by atoms with Gasteiger partial charge in [-0.1, -0.05) is 6.58 Å². The normalized spacial score (nSPS) is 10.7. The van der Waals surface area contributed by atoms with Gasteiger partial charge in [-0.05, 0) is 6.92 Å². The molecular weight excluding hydrogens is 400 g/mol. The Morgan fingerprint density at radius 3 is 1.03 bits per heavy atom. The molecule has 0 aliphatic heterocycles. The lowest BCUT2D eigenvalue weighted by Crippen LogP contribution is -2.15. The Morgan fingerprint density at radius 1 is 0.500 bits per heavy atom. The largest absolute Gasteiger partial charge is 0.463 e. The number of hydrogen-bond donors (Lipinski definition) is 0. The summed E-state index contributed by atoms with van der Waals surface area (Å²) in [6, 6.07) is 0. The summed E-state index contributed by atoms with van der Waals surface area (Å²) in [6.07, 6.45) is 0. The highest BCUT2D eigenvalue weighted by Crippen LogP contribution is 1.91. The molecule has 0 radical (unpaired) electrons. The second-order valence-corrected chi connectivity index (χ2v) is 5.93. The number of esters is 2. The van der Waals surface area contributed by atoms with Crippen molar-refractivity contribution < 1.29 is 47.5 Å². The Kier molecular flexibility index (Phi) is 21.0. The number of carbonyl (C=O) groups is 2. The molecule has 0 aromatic carbocycles. The maximum Gasteiger partial charge on any atom is 0.333 e. The molecule has 0 rings (SSSR count). The Bertz CT molecular complexity index is 441. The van der Waals surface area contributed by atoms with Crippen LogP contribution in [0.15, 0.2) is 12.2 Å². The van der Waals surface area contributed by atoms with Gasteiger partial charge in [0.05, 0.1) is 79.3 Å². The highest BCUT2D eigenvalue weighted by atomic mass is 16.6. The van der Waals surface area contributed by atoms with E-state index in [2.05, 4.69) is 6.58 Å². The van der Waals surface area contributed by atoms with Gasteiger partial charge in [0.2, 0.25) is 0 Å². The van der Waals surface area contributed by atoms with Gasteiger partial charge in [0.15, 0.2) is 0 Å². The van der Waals surface area contributed by atoms with Crippen LogP contribution in [0.2, 0.25) is 0 Å². The van der Waals surface area contributed by atoms with Crippen LogP contribution in [-0.4, -0.2) is 104 Å². The zero-order chi connectivity index (χ0) is 22.3. The zero-order valence-corrected chi connectivity index (χ0v) is 18.2. The molecule has 0 aromatic heterocycles. The molecule has 0 fully saturated rings. The van der Waals surface area contributed by atoms with Gasteiger partial charge in [0.25, 0.3) is 0 Å². The molecular formula is C20H36O10. The topological polar surface area (TPSA) is 108 Å². The first kappa shape index (κ1) is 28.4. The fraction of sp³-hybridized carbons (Fsp3) is 0.800. The molecule has 0 amide bonds.